The van der Waals surface area contributed by atoms with Crippen LogP contribution in [0.5, 0.6) is 5.75 Å². The molecular weight excluding hydrogens is 240 g/mol. The van der Waals surface area contributed by atoms with Gasteiger partial charge in [-0.15, -0.1) is 0 Å². The van der Waals surface area contributed by atoms with Crippen molar-refractivity contribution in [3.63, 3.8) is 0 Å². The predicted molar refractivity (Wildman–Crippen MR) is 75.9 cm³/mol. The van der Waals surface area contributed by atoms with Crippen molar-refractivity contribution < 1.29 is 14.6 Å². The Balaban J connectivity index is 2.28. The molecule has 0 aromatic heterocycles. The predicted octanol–water partition coefficient (Wildman–Crippen LogP) is 3.51. The van der Waals surface area contributed by atoms with Crippen LogP contribution in [0.2, 0.25) is 0 Å². The van der Waals surface area contributed by atoms with Gasteiger partial charge in [-0.2, -0.15) is 0 Å². The topological polar surface area (TPSA) is 46.5 Å². The van der Waals surface area contributed by atoms with E-state index in [9.17, 15) is 9.90 Å². The molecule has 0 amide bonds. The third kappa shape index (κ3) is 3.13. The van der Waals surface area contributed by atoms with Gasteiger partial charge in [-0.3, -0.25) is 0 Å². The first-order chi connectivity index (χ1) is 9.22. The van der Waals surface area contributed by atoms with E-state index >= 15 is 0 Å². The van der Waals surface area contributed by atoms with Crippen LogP contribution in [-0.4, -0.2) is 17.7 Å². The van der Waals surface area contributed by atoms with Gasteiger partial charge in [0.25, 0.3) is 0 Å². The Morgan fingerprint density at radius 1 is 1.21 bits per heavy atom. The summed E-state index contributed by atoms with van der Waals surface area (Å²) in [7, 11) is 0. The van der Waals surface area contributed by atoms with Crippen LogP contribution in [0.1, 0.15) is 18.9 Å². The quantitative estimate of drug-likeness (QED) is 0.672. The Bertz CT molecular complexity index is 614. The van der Waals surface area contributed by atoms with E-state index in [-0.39, 0.29) is 11.7 Å². The van der Waals surface area contributed by atoms with E-state index in [4.69, 9.17) is 4.74 Å². The summed E-state index contributed by atoms with van der Waals surface area (Å²) < 4.78 is 4.97. The molecule has 2 rings (SSSR count). The van der Waals surface area contributed by atoms with Crippen LogP contribution in [-0.2, 0) is 9.53 Å². The zero-order valence-electron chi connectivity index (χ0n) is 10.8. The molecule has 0 atom stereocenters. The first-order valence-electron chi connectivity index (χ1n) is 6.28. The van der Waals surface area contributed by atoms with Crippen molar-refractivity contribution in [2.45, 2.75) is 13.3 Å². The fourth-order valence-corrected chi connectivity index (χ4v) is 1.86. The van der Waals surface area contributed by atoms with Crippen LogP contribution < -0.4 is 0 Å². The standard InChI is InChI=1S/C16H16O3/c1-2-11-19-16(18)10-8-12-7-9-15(17)14-6-4-3-5-13(12)14/h3-10,17H,2,11H2,1H3. The highest BCUT2D eigenvalue weighted by molar-refractivity contribution is 5.97. The molecule has 0 aliphatic carbocycles. The number of hydrogen-bond donors (Lipinski definition) is 1. The molecule has 19 heavy (non-hydrogen) atoms. The highest BCUT2D eigenvalue weighted by Crippen LogP contribution is 2.27. The lowest BCUT2D eigenvalue weighted by Crippen LogP contribution is -2.00. The summed E-state index contributed by atoms with van der Waals surface area (Å²) in [5, 5.41) is 11.4. The minimum atomic E-state index is -0.348. The van der Waals surface area contributed by atoms with Gasteiger partial charge in [0, 0.05) is 11.5 Å². The van der Waals surface area contributed by atoms with Crippen LogP contribution in [0.15, 0.2) is 42.5 Å². The van der Waals surface area contributed by atoms with Crippen LogP contribution >= 0.6 is 0 Å². The highest BCUT2D eigenvalue weighted by atomic mass is 16.5. The number of rotatable bonds is 4. The molecule has 0 radical (unpaired) electrons. The summed E-state index contributed by atoms with van der Waals surface area (Å²) in [6.07, 6.45) is 3.93. The number of phenols is 1. The van der Waals surface area contributed by atoms with Crippen molar-refractivity contribution in [1.29, 1.82) is 0 Å². The SMILES string of the molecule is CCCOC(=O)C=Cc1ccc(O)c2ccccc12. The zero-order chi connectivity index (χ0) is 13.7. The summed E-state index contributed by atoms with van der Waals surface area (Å²) in [5.74, 6) is -0.111. The maximum absolute atomic E-state index is 11.4. The molecular formula is C16H16O3. The zero-order valence-corrected chi connectivity index (χ0v) is 10.8. The van der Waals surface area contributed by atoms with Gasteiger partial charge in [0.2, 0.25) is 0 Å². The maximum atomic E-state index is 11.4. The molecule has 0 saturated heterocycles. The molecule has 1 N–H and O–H groups in total. The molecule has 0 aliphatic heterocycles. The minimum Gasteiger partial charge on any atom is -0.507 e. The molecule has 3 nitrogen and oxygen atoms in total. The number of phenolic OH excluding ortho intramolecular Hbond substituents is 1. The van der Waals surface area contributed by atoms with Crippen molar-refractivity contribution in [2.24, 2.45) is 0 Å². The maximum Gasteiger partial charge on any atom is 0.330 e. The number of hydrogen-bond acceptors (Lipinski definition) is 3. The lowest BCUT2D eigenvalue weighted by molar-refractivity contribution is -0.137. The summed E-state index contributed by atoms with van der Waals surface area (Å²) in [6, 6.07) is 10.9. The fourth-order valence-electron chi connectivity index (χ4n) is 1.86. The Morgan fingerprint density at radius 2 is 1.95 bits per heavy atom. The van der Waals surface area contributed by atoms with E-state index in [1.165, 1.54) is 6.08 Å². The van der Waals surface area contributed by atoms with Crippen molar-refractivity contribution >= 4 is 22.8 Å². The first kappa shape index (κ1) is 13.1. The summed E-state index contributed by atoms with van der Waals surface area (Å²) in [4.78, 5) is 11.4. The third-order valence-corrected chi connectivity index (χ3v) is 2.78. The lowest BCUT2D eigenvalue weighted by Gasteiger charge is -2.04. The van der Waals surface area contributed by atoms with Gasteiger partial charge in [-0.1, -0.05) is 37.3 Å². The van der Waals surface area contributed by atoms with E-state index in [2.05, 4.69) is 0 Å². The summed E-state index contributed by atoms with van der Waals surface area (Å²) >= 11 is 0. The number of carbonyl (C=O) groups excluding carboxylic acids is 1. The second-order valence-electron chi connectivity index (χ2n) is 4.22. The largest absolute Gasteiger partial charge is 0.507 e. The van der Waals surface area contributed by atoms with Gasteiger partial charge in [0.1, 0.15) is 5.75 Å². The van der Waals surface area contributed by atoms with Crippen LogP contribution in [0, 0.1) is 0 Å². The Labute approximate surface area is 112 Å². The Kier molecular flexibility index (Phi) is 4.18. The van der Waals surface area contributed by atoms with Crippen molar-refractivity contribution in [3.05, 3.63) is 48.0 Å². The molecule has 0 spiro atoms. The van der Waals surface area contributed by atoms with Crippen LogP contribution in [0.4, 0.5) is 0 Å². The van der Waals surface area contributed by atoms with E-state index in [1.807, 2.05) is 31.2 Å². The van der Waals surface area contributed by atoms with E-state index in [0.717, 1.165) is 22.8 Å². The number of carbonyl (C=O) groups is 1. The van der Waals surface area contributed by atoms with Crippen molar-refractivity contribution in [1.82, 2.24) is 0 Å². The van der Waals surface area contributed by atoms with Crippen molar-refractivity contribution in [3.8, 4) is 5.75 Å². The Morgan fingerprint density at radius 3 is 2.68 bits per heavy atom. The monoisotopic (exact) mass is 256 g/mol. The second kappa shape index (κ2) is 6.05. The molecule has 0 aliphatic rings. The number of aromatic hydroxyl groups is 1. The van der Waals surface area contributed by atoms with E-state index < -0.39 is 0 Å². The average Bonchev–Trinajstić information content (AvgIpc) is 2.45. The molecule has 0 saturated carbocycles. The van der Waals surface area contributed by atoms with Gasteiger partial charge < -0.3 is 9.84 Å². The van der Waals surface area contributed by atoms with Gasteiger partial charge in [0.15, 0.2) is 0 Å². The van der Waals surface area contributed by atoms with E-state index in [1.54, 1.807) is 18.2 Å². The van der Waals surface area contributed by atoms with Gasteiger partial charge in [-0.05, 0) is 29.5 Å². The average molecular weight is 256 g/mol. The number of fused-ring (bicyclic) bond motifs is 1. The summed E-state index contributed by atoms with van der Waals surface area (Å²) in [5.41, 5.74) is 0.877. The molecule has 98 valence electrons. The van der Waals surface area contributed by atoms with Gasteiger partial charge in [0.05, 0.1) is 6.61 Å². The van der Waals surface area contributed by atoms with Gasteiger partial charge >= 0.3 is 5.97 Å². The fraction of sp³-hybridized carbons (Fsp3) is 0.188. The van der Waals surface area contributed by atoms with Crippen molar-refractivity contribution in [2.75, 3.05) is 6.61 Å². The normalized spacial score (nSPS) is 11.0. The molecule has 0 bridgehead atoms. The lowest BCUT2D eigenvalue weighted by atomic mass is 10.0. The molecule has 3 heteroatoms. The highest BCUT2D eigenvalue weighted by Gasteiger charge is 2.03. The summed E-state index contributed by atoms with van der Waals surface area (Å²) in [6.45, 7) is 2.38. The van der Waals surface area contributed by atoms with Gasteiger partial charge in [-0.25, -0.2) is 4.79 Å². The minimum absolute atomic E-state index is 0.237. The number of esters is 1. The third-order valence-electron chi connectivity index (χ3n) is 2.78. The molecule has 2 aromatic carbocycles. The Hall–Kier alpha value is -2.29. The second-order valence-corrected chi connectivity index (χ2v) is 4.22. The first-order valence-corrected chi connectivity index (χ1v) is 6.28. The molecule has 2 aromatic rings. The number of ether oxygens (including phenoxy) is 1. The van der Waals surface area contributed by atoms with Crippen LogP contribution in [0.25, 0.3) is 16.8 Å². The van der Waals surface area contributed by atoms with E-state index in [0.29, 0.717) is 6.61 Å². The number of benzene rings is 2. The molecule has 0 unspecified atom stereocenters. The van der Waals surface area contributed by atoms with Crippen LogP contribution in [0.3, 0.4) is 0 Å². The smallest absolute Gasteiger partial charge is 0.330 e. The molecule has 0 heterocycles. The molecule has 0 fully saturated rings.